The quantitative estimate of drug-likeness (QED) is 0.398. The van der Waals surface area contributed by atoms with E-state index in [1.165, 1.54) is 49.7 Å². The van der Waals surface area contributed by atoms with Gasteiger partial charge >= 0.3 is 0 Å². The monoisotopic (exact) mass is 388 g/mol. The molecule has 0 amide bonds. The molecule has 0 saturated heterocycles. The zero-order chi connectivity index (χ0) is 20.2. The third-order valence-electron chi connectivity index (χ3n) is 7.08. The van der Waals surface area contributed by atoms with Crippen molar-refractivity contribution < 1.29 is 4.39 Å². The van der Waals surface area contributed by atoms with Gasteiger partial charge in [0.05, 0.1) is 0 Å². The first-order valence-corrected chi connectivity index (χ1v) is 11.5. The molecule has 0 atom stereocenters. The second-order valence-electron chi connectivity index (χ2n) is 8.87. The summed E-state index contributed by atoms with van der Waals surface area (Å²) < 4.78 is 15.1. The van der Waals surface area contributed by atoms with Crippen LogP contribution in [0.3, 0.4) is 0 Å². The Morgan fingerprint density at radius 3 is 2.17 bits per heavy atom. The van der Waals surface area contributed by atoms with Gasteiger partial charge in [0.25, 0.3) is 0 Å². The fourth-order valence-electron chi connectivity index (χ4n) is 4.93. The van der Waals surface area contributed by atoms with E-state index >= 15 is 4.39 Å². The van der Waals surface area contributed by atoms with Crippen LogP contribution in [0.4, 0.5) is 4.39 Å². The maximum Gasteiger partial charge on any atom is 0.138 e. The van der Waals surface area contributed by atoms with Gasteiger partial charge in [-0.25, -0.2) is 4.39 Å². The standard InChI is InChI=1S/C28H33F/c1-3-20-5-7-22(8-6-20)9-10-23-11-14-24(15-12-23)26-18-16-25-19-21(4-2)13-17-27(25)28(26)29/h11-20,22H,3-10H2,1-2H3. The molecule has 3 aromatic rings. The largest absolute Gasteiger partial charge is 0.206 e. The maximum atomic E-state index is 15.1. The Kier molecular flexibility index (Phi) is 6.33. The van der Waals surface area contributed by atoms with Crippen LogP contribution in [0, 0.1) is 17.7 Å². The third-order valence-corrected chi connectivity index (χ3v) is 7.08. The minimum absolute atomic E-state index is 0.106. The smallest absolute Gasteiger partial charge is 0.138 e. The fraction of sp³-hybridized carbons (Fsp3) is 0.429. The molecule has 0 spiro atoms. The molecule has 0 unspecified atom stereocenters. The molecule has 0 heterocycles. The molecule has 1 fully saturated rings. The average Bonchev–Trinajstić information content (AvgIpc) is 2.78. The van der Waals surface area contributed by atoms with Crippen molar-refractivity contribution in [3.05, 3.63) is 71.5 Å². The highest BCUT2D eigenvalue weighted by atomic mass is 19.1. The van der Waals surface area contributed by atoms with E-state index in [1.54, 1.807) is 0 Å². The first-order chi connectivity index (χ1) is 14.2. The Balaban J connectivity index is 1.44. The van der Waals surface area contributed by atoms with Gasteiger partial charge in [-0.3, -0.25) is 0 Å². The van der Waals surface area contributed by atoms with Gasteiger partial charge in [-0.1, -0.05) is 101 Å². The number of rotatable bonds is 6. The number of benzene rings is 3. The van der Waals surface area contributed by atoms with Crippen molar-refractivity contribution in [3.63, 3.8) is 0 Å². The van der Waals surface area contributed by atoms with E-state index in [0.717, 1.165) is 35.6 Å². The molecule has 0 aromatic heterocycles. The molecular weight excluding hydrogens is 355 g/mol. The van der Waals surface area contributed by atoms with Gasteiger partial charge in [-0.15, -0.1) is 0 Å². The molecule has 0 aliphatic heterocycles. The van der Waals surface area contributed by atoms with Crippen LogP contribution in [0.5, 0.6) is 0 Å². The zero-order valence-corrected chi connectivity index (χ0v) is 17.9. The van der Waals surface area contributed by atoms with Crippen LogP contribution in [0.1, 0.15) is 63.5 Å². The Morgan fingerprint density at radius 1 is 0.793 bits per heavy atom. The van der Waals surface area contributed by atoms with Crippen molar-refractivity contribution in [2.45, 2.75) is 65.2 Å². The first-order valence-electron chi connectivity index (χ1n) is 11.5. The molecule has 4 rings (SSSR count). The predicted molar refractivity (Wildman–Crippen MR) is 123 cm³/mol. The Morgan fingerprint density at radius 2 is 1.48 bits per heavy atom. The molecule has 1 aliphatic carbocycles. The Bertz CT molecular complexity index is 946. The molecule has 0 nitrogen and oxygen atoms in total. The van der Waals surface area contributed by atoms with Crippen LogP contribution in [-0.2, 0) is 12.8 Å². The van der Waals surface area contributed by atoms with Gasteiger partial charge in [0, 0.05) is 10.9 Å². The van der Waals surface area contributed by atoms with E-state index in [1.807, 2.05) is 24.3 Å². The number of hydrogen-bond donors (Lipinski definition) is 0. The van der Waals surface area contributed by atoms with Crippen LogP contribution in [0.2, 0.25) is 0 Å². The summed E-state index contributed by atoms with van der Waals surface area (Å²) in [6.07, 6.45) is 10.4. The van der Waals surface area contributed by atoms with Crippen molar-refractivity contribution in [1.82, 2.24) is 0 Å². The summed E-state index contributed by atoms with van der Waals surface area (Å²) in [6.45, 7) is 4.46. The van der Waals surface area contributed by atoms with Crippen LogP contribution in [0.25, 0.3) is 21.9 Å². The molecular formula is C28H33F. The third kappa shape index (κ3) is 4.55. The van der Waals surface area contributed by atoms with Gasteiger partial charge in [-0.2, -0.15) is 0 Å². The van der Waals surface area contributed by atoms with Gasteiger partial charge in [-0.05, 0) is 53.2 Å². The predicted octanol–water partition coefficient (Wildman–Crippen LogP) is 8.36. The lowest BCUT2D eigenvalue weighted by Gasteiger charge is -2.27. The van der Waals surface area contributed by atoms with Crippen LogP contribution >= 0.6 is 0 Å². The lowest BCUT2D eigenvalue weighted by atomic mass is 9.78. The summed E-state index contributed by atoms with van der Waals surface area (Å²) in [7, 11) is 0. The summed E-state index contributed by atoms with van der Waals surface area (Å²) in [5, 5.41) is 1.70. The molecule has 0 bridgehead atoms. The van der Waals surface area contributed by atoms with Crippen LogP contribution in [0.15, 0.2) is 54.6 Å². The summed E-state index contributed by atoms with van der Waals surface area (Å²) in [6, 6.07) is 18.6. The summed E-state index contributed by atoms with van der Waals surface area (Å²) in [5.41, 5.74) is 4.29. The van der Waals surface area contributed by atoms with Crippen molar-refractivity contribution in [3.8, 4) is 11.1 Å². The second kappa shape index (κ2) is 9.11. The molecule has 1 saturated carbocycles. The lowest BCUT2D eigenvalue weighted by molar-refractivity contribution is 0.259. The molecule has 0 N–H and O–H groups in total. The Labute approximate surface area is 175 Å². The SMILES string of the molecule is CCc1ccc2c(F)c(-c3ccc(CCC4CCC(CC)CC4)cc3)ccc2c1. The van der Waals surface area contributed by atoms with Gasteiger partial charge < -0.3 is 0 Å². The van der Waals surface area contributed by atoms with Crippen LogP contribution < -0.4 is 0 Å². The second-order valence-corrected chi connectivity index (χ2v) is 8.87. The minimum Gasteiger partial charge on any atom is -0.206 e. The highest BCUT2D eigenvalue weighted by molar-refractivity contribution is 5.88. The minimum atomic E-state index is -0.106. The fourth-order valence-corrected chi connectivity index (χ4v) is 4.93. The normalized spacial score (nSPS) is 19.6. The maximum absolute atomic E-state index is 15.1. The highest BCUT2D eigenvalue weighted by Crippen LogP contribution is 2.34. The molecule has 1 heteroatoms. The van der Waals surface area contributed by atoms with Crippen molar-refractivity contribution in [1.29, 1.82) is 0 Å². The van der Waals surface area contributed by atoms with E-state index < -0.39 is 0 Å². The number of fused-ring (bicyclic) bond motifs is 1. The lowest BCUT2D eigenvalue weighted by Crippen LogP contribution is -2.14. The summed E-state index contributed by atoms with van der Waals surface area (Å²) in [5.74, 6) is 1.75. The molecule has 0 radical (unpaired) electrons. The van der Waals surface area contributed by atoms with Gasteiger partial charge in [0.15, 0.2) is 0 Å². The van der Waals surface area contributed by atoms with E-state index in [2.05, 4.69) is 44.2 Å². The topological polar surface area (TPSA) is 0 Å². The number of halogens is 1. The average molecular weight is 389 g/mol. The van der Waals surface area contributed by atoms with E-state index in [-0.39, 0.29) is 5.82 Å². The van der Waals surface area contributed by atoms with Crippen molar-refractivity contribution in [2.75, 3.05) is 0 Å². The Hall–Kier alpha value is -2.15. The molecule has 1 aliphatic rings. The molecule has 3 aromatic carbocycles. The van der Waals surface area contributed by atoms with Gasteiger partial charge in [0.2, 0.25) is 0 Å². The number of aryl methyl sites for hydroxylation is 2. The van der Waals surface area contributed by atoms with Crippen LogP contribution in [-0.4, -0.2) is 0 Å². The highest BCUT2D eigenvalue weighted by Gasteiger charge is 2.19. The first kappa shape index (κ1) is 20.1. The zero-order valence-electron chi connectivity index (χ0n) is 17.9. The van der Waals surface area contributed by atoms with E-state index in [9.17, 15) is 0 Å². The summed E-state index contributed by atoms with van der Waals surface area (Å²) >= 11 is 0. The van der Waals surface area contributed by atoms with Crippen molar-refractivity contribution in [2.24, 2.45) is 11.8 Å². The van der Waals surface area contributed by atoms with E-state index in [0.29, 0.717) is 10.9 Å². The van der Waals surface area contributed by atoms with Crippen molar-refractivity contribution >= 4 is 10.8 Å². The molecule has 29 heavy (non-hydrogen) atoms. The number of hydrogen-bond acceptors (Lipinski definition) is 0. The van der Waals surface area contributed by atoms with Gasteiger partial charge in [0.1, 0.15) is 5.82 Å². The molecule has 152 valence electrons. The summed E-state index contributed by atoms with van der Waals surface area (Å²) in [4.78, 5) is 0. The van der Waals surface area contributed by atoms with E-state index in [4.69, 9.17) is 0 Å².